The van der Waals surface area contributed by atoms with Crippen LogP contribution in [0.15, 0.2) is 78.2 Å². The summed E-state index contributed by atoms with van der Waals surface area (Å²) in [5.74, 6) is 0.211. The molecule has 0 unspecified atom stereocenters. The van der Waals surface area contributed by atoms with Crippen molar-refractivity contribution < 1.29 is 14.3 Å². The van der Waals surface area contributed by atoms with Gasteiger partial charge < -0.3 is 9.64 Å². The summed E-state index contributed by atoms with van der Waals surface area (Å²) in [4.78, 5) is 33.2. The van der Waals surface area contributed by atoms with Gasteiger partial charge in [-0.05, 0) is 68.4 Å². The Hall–Kier alpha value is -3.77. The zero-order chi connectivity index (χ0) is 29.1. The molecular formula is C35H38N2O3S. The fourth-order valence-electron chi connectivity index (χ4n) is 5.29. The maximum absolute atomic E-state index is 13.5. The van der Waals surface area contributed by atoms with Crippen molar-refractivity contribution in [2.75, 3.05) is 13.1 Å². The number of thiazole rings is 1. The number of piperidine rings is 1. The van der Waals surface area contributed by atoms with Gasteiger partial charge in [-0.1, -0.05) is 74.5 Å². The Bertz CT molecular complexity index is 1520. The molecule has 5 nitrogen and oxygen atoms in total. The molecule has 0 bridgehead atoms. The van der Waals surface area contributed by atoms with Gasteiger partial charge in [-0.25, -0.2) is 9.78 Å². The molecule has 0 radical (unpaired) electrons. The van der Waals surface area contributed by atoms with Crippen molar-refractivity contribution in [3.05, 3.63) is 99.9 Å². The van der Waals surface area contributed by atoms with Gasteiger partial charge in [-0.3, -0.25) is 4.79 Å². The number of likely N-dealkylation sites (tertiary alicyclic amines) is 1. The molecule has 0 atom stereocenters. The molecule has 1 aliphatic rings. The molecule has 1 aliphatic heterocycles. The van der Waals surface area contributed by atoms with Crippen LogP contribution >= 0.6 is 11.3 Å². The number of hydrogen-bond donors (Lipinski definition) is 0. The molecule has 0 aliphatic carbocycles. The highest BCUT2D eigenvalue weighted by Gasteiger charge is 2.29. The summed E-state index contributed by atoms with van der Waals surface area (Å²) in [5.41, 5.74) is 5.93. The van der Waals surface area contributed by atoms with E-state index in [1.165, 1.54) is 16.7 Å². The van der Waals surface area contributed by atoms with Gasteiger partial charge in [0.25, 0.3) is 5.91 Å². The summed E-state index contributed by atoms with van der Waals surface area (Å²) in [5, 5.41) is 3.27. The largest absolute Gasteiger partial charge is 0.456 e. The predicted octanol–water partition coefficient (Wildman–Crippen LogP) is 8.58. The lowest BCUT2D eigenvalue weighted by molar-refractivity contribution is 0.00664. The van der Waals surface area contributed by atoms with E-state index in [-0.39, 0.29) is 5.91 Å². The van der Waals surface area contributed by atoms with E-state index in [1.54, 1.807) is 35.6 Å². The van der Waals surface area contributed by atoms with Crippen molar-refractivity contribution >= 4 is 23.2 Å². The molecule has 1 saturated heterocycles. The third kappa shape index (κ3) is 6.59. The van der Waals surface area contributed by atoms with Crippen molar-refractivity contribution in [2.24, 2.45) is 0 Å². The smallest absolute Gasteiger partial charge is 0.339 e. The number of amides is 1. The number of benzene rings is 3. The number of ether oxygens (including phenoxy) is 1. The van der Waals surface area contributed by atoms with Crippen LogP contribution in [0, 0.1) is 0 Å². The quantitative estimate of drug-likeness (QED) is 0.219. The van der Waals surface area contributed by atoms with Crippen LogP contribution in [0.5, 0.6) is 0 Å². The molecule has 212 valence electrons. The average Bonchev–Trinajstić information content (AvgIpc) is 3.46. The number of carbonyl (C=O) groups is 2. The minimum atomic E-state index is -0.628. The zero-order valence-corrected chi connectivity index (χ0v) is 25.3. The Kier molecular flexibility index (Phi) is 8.41. The number of esters is 1. The first kappa shape index (κ1) is 28.7. The molecule has 6 heteroatoms. The van der Waals surface area contributed by atoms with E-state index in [9.17, 15) is 9.59 Å². The molecule has 5 rings (SSSR count). The number of rotatable bonds is 6. The van der Waals surface area contributed by atoms with Gasteiger partial charge in [0, 0.05) is 30.0 Å². The lowest BCUT2D eigenvalue weighted by atomic mass is 9.94. The third-order valence-electron chi connectivity index (χ3n) is 7.52. The monoisotopic (exact) mass is 566 g/mol. The normalized spacial score (nSPS) is 14.3. The summed E-state index contributed by atoms with van der Waals surface area (Å²) in [6.45, 7) is 11.2. The van der Waals surface area contributed by atoms with E-state index in [0.29, 0.717) is 36.1 Å². The highest BCUT2D eigenvalue weighted by Crippen LogP contribution is 2.37. The molecule has 1 fully saturated rings. The van der Waals surface area contributed by atoms with E-state index in [1.807, 2.05) is 25.7 Å². The maximum atomic E-state index is 13.5. The average molecular weight is 567 g/mol. The SMILES string of the molecule is CC(C)c1ccc(-c2ccccc2-c2csc(C3CCN(C(=O)c4ccccc4C(=O)OC(C)(C)C)CC3)n2)cc1. The zero-order valence-electron chi connectivity index (χ0n) is 24.5. The molecule has 41 heavy (non-hydrogen) atoms. The molecule has 1 aromatic heterocycles. The molecule has 1 amide bonds. The molecule has 0 saturated carbocycles. The third-order valence-corrected chi connectivity index (χ3v) is 8.53. The Labute approximate surface area is 247 Å². The number of hydrogen-bond acceptors (Lipinski definition) is 5. The second-order valence-corrected chi connectivity index (χ2v) is 12.9. The first-order valence-corrected chi connectivity index (χ1v) is 15.3. The lowest BCUT2D eigenvalue weighted by Crippen LogP contribution is -2.38. The van der Waals surface area contributed by atoms with Crippen molar-refractivity contribution in [1.29, 1.82) is 0 Å². The lowest BCUT2D eigenvalue weighted by Gasteiger charge is -2.31. The van der Waals surface area contributed by atoms with Crippen LogP contribution in [-0.2, 0) is 4.74 Å². The van der Waals surface area contributed by atoms with Crippen LogP contribution in [0.2, 0.25) is 0 Å². The summed E-state index contributed by atoms with van der Waals surface area (Å²) in [6, 6.07) is 24.2. The van der Waals surface area contributed by atoms with Crippen molar-refractivity contribution in [2.45, 2.75) is 64.9 Å². The van der Waals surface area contributed by atoms with Crippen molar-refractivity contribution in [3.63, 3.8) is 0 Å². The fourth-order valence-corrected chi connectivity index (χ4v) is 6.28. The Morgan fingerprint density at radius 3 is 2.12 bits per heavy atom. The van der Waals surface area contributed by atoms with Crippen LogP contribution in [0.3, 0.4) is 0 Å². The fraction of sp³-hybridized carbons (Fsp3) is 0.343. The highest BCUT2D eigenvalue weighted by atomic mass is 32.1. The molecular weight excluding hydrogens is 528 g/mol. The summed E-state index contributed by atoms with van der Waals surface area (Å²) in [7, 11) is 0. The number of nitrogens with zero attached hydrogens (tertiary/aromatic N) is 2. The van der Waals surface area contributed by atoms with Crippen LogP contribution in [-0.4, -0.2) is 40.5 Å². The number of aromatic nitrogens is 1. The van der Waals surface area contributed by atoms with Crippen LogP contribution in [0.25, 0.3) is 22.4 Å². The standard InChI is InChI=1S/C35H38N2O3S/c1-23(2)24-14-16-25(17-15-24)27-10-6-7-11-28(27)31-22-41-32(36-31)26-18-20-37(21-19-26)33(38)29-12-8-9-13-30(29)34(39)40-35(3,4)5/h6-17,22-23,26H,18-21H2,1-5H3. The second kappa shape index (κ2) is 12.0. The molecule has 0 N–H and O–H groups in total. The van der Waals surface area contributed by atoms with Gasteiger partial charge in [0.2, 0.25) is 0 Å². The summed E-state index contributed by atoms with van der Waals surface area (Å²) >= 11 is 1.70. The summed E-state index contributed by atoms with van der Waals surface area (Å²) in [6.07, 6.45) is 1.68. The minimum Gasteiger partial charge on any atom is -0.456 e. The maximum Gasteiger partial charge on any atom is 0.339 e. The van der Waals surface area contributed by atoms with E-state index < -0.39 is 11.6 Å². The second-order valence-electron chi connectivity index (χ2n) is 12.0. The van der Waals surface area contributed by atoms with Gasteiger partial charge in [0.05, 0.1) is 21.8 Å². The van der Waals surface area contributed by atoms with Crippen LogP contribution < -0.4 is 0 Å². The first-order chi connectivity index (χ1) is 19.6. The minimum absolute atomic E-state index is 0.123. The van der Waals surface area contributed by atoms with Gasteiger partial charge in [-0.15, -0.1) is 11.3 Å². The van der Waals surface area contributed by atoms with E-state index >= 15 is 0 Å². The topological polar surface area (TPSA) is 59.5 Å². The van der Waals surface area contributed by atoms with E-state index in [0.717, 1.165) is 29.1 Å². The van der Waals surface area contributed by atoms with Gasteiger partial charge in [0.1, 0.15) is 5.60 Å². The van der Waals surface area contributed by atoms with Crippen LogP contribution in [0.4, 0.5) is 0 Å². The van der Waals surface area contributed by atoms with Crippen molar-refractivity contribution in [3.8, 4) is 22.4 Å². The summed E-state index contributed by atoms with van der Waals surface area (Å²) < 4.78 is 5.55. The highest BCUT2D eigenvalue weighted by molar-refractivity contribution is 7.10. The molecule has 4 aromatic rings. The Balaban J connectivity index is 1.28. The Morgan fingerprint density at radius 1 is 0.878 bits per heavy atom. The van der Waals surface area contributed by atoms with E-state index in [2.05, 4.69) is 67.8 Å². The van der Waals surface area contributed by atoms with Gasteiger partial charge in [0.15, 0.2) is 0 Å². The predicted molar refractivity (Wildman–Crippen MR) is 167 cm³/mol. The van der Waals surface area contributed by atoms with Crippen molar-refractivity contribution in [1.82, 2.24) is 9.88 Å². The molecule has 0 spiro atoms. The first-order valence-electron chi connectivity index (χ1n) is 14.4. The van der Waals surface area contributed by atoms with E-state index in [4.69, 9.17) is 9.72 Å². The Morgan fingerprint density at radius 2 is 1.49 bits per heavy atom. The number of carbonyl (C=O) groups excluding carboxylic acids is 2. The van der Waals surface area contributed by atoms with Gasteiger partial charge >= 0.3 is 5.97 Å². The van der Waals surface area contributed by atoms with Gasteiger partial charge in [-0.2, -0.15) is 0 Å². The molecule has 2 heterocycles. The molecule has 3 aromatic carbocycles. The van der Waals surface area contributed by atoms with Crippen LogP contribution in [0.1, 0.15) is 90.6 Å².